The molecule has 90 valence electrons. The van der Waals surface area contributed by atoms with Gasteiger partial charge in [-0.1, -0.05) is 37.1 Å². The summed E-state index contributed by atoms with van der Waals surface area (Å²) in [5.41, 5.74) is 1.98. The fourth-order valence-electron chi connectivity index (χ4n) is 1.52. The lowest BCUT2D eigenvalue weighted by molar-refractivity contribution is 0.407. The molecule has 0 amide bonds. The van der Waals surface area contributed by atoms with Crippen molar-refractivity contribution >= 4 is 31.9 Å². The van der Waals surface area contributed by atoms with Gasteiger partial charge in [0.25, 0.3) is 0 Å². The van der Waals surface area contributed by atoms with Crippen LogP contribution in [0.4, 0.5) is 0 Å². The number of alkyl halides is 1. The maximum Gasteiger partial charge on any atom is 0.124 e. The summed E-state index contributed by atoms with van der Waals surface area (Å²) in [6, 6.07) is 5.91. The number of rotatable bonds is 4. The molecule has 4 nitrogen and oxygen atoms in total. The van der Waals surface area contributed by atoms with Gasteiger partial charge in [-0.05, 0) is 18.2 Å². The van der Waals surface area contributed by atoms with E-state index in [1.54, 1.807) is 11.8 Å². The van der Waals surface area contributed by atoms with Gasteiger partial charge in [0.15, 0.2) is 0 Å². The Balaban J connectivity index is 2.25. The first-order chi connectivity index (χ1) is 8.22. The molecule has 0 aliphatic rings. The monoisotopic (exact) mass is 359 g/mol. The molecule has 2 rings (SSSR count). The van der Waals surface area contributed by atoms with Crippen LogP contribution in [-0.4, -0.2) is 22.1 Å². The summed E-state index contributed by atoms with van der Waals surface area (Å²) in [7, 11) is 1.66. The van der Waals surface area contributed by atoms with Crippen LogP contribution in [0.3, 0.4) is 0 Å². The predicted octanol–water partition coefficient (Wildman–Crippen LogP) is 2.99. The first kappa shape index (κ1) is 12.6. The summed E-state index contributed by atoms with van der Waals surface area (Å²) in [5.74, 6) is 0.851. The zero-order chi connectivity index (χ0) is 12.3. The van der Waals surface area contributed by atoms with E-state index in [0.717, 1.165) is 21.5 Å². The van der Waals surface area contributed by atoms with Gasteiger partial charge in [0, 0.05) is 21.6 Å². The molecule has 17 heavy (non-hydrogen) atoms. The van der Waals surface area contributed by atoms with Gasteiger partial charge in [-0.3, -0.25) is 0 Å². The van der Waals surface area contributed by atoms with Crippen LogP contribution in [0, 0.1) is 0 Å². The molecule has 0 saturated carbocycles. The molecule has 1 heterocycles. The summed E-state index contributed by atoms with van der Waals surface area (Å²) >= 11 is 6.80. The number of halogens is 2. The molecule has 0 spiro atoms. The van der Waals surface area contributed by atoms with Crippen molar-refractivity contribution in [1.29, 1.82) is 0 Å². The van der Waals surface area contributed by atoms with Gasteiger partial charge in [-0.25, -0.2) is 4.68 Å². The van der Waals surface area contributed by atoms with Gasteiger partial charge >= 0.3 is 0 Å². The first-order valence-corrected chi connectivity index (χ1v) is 6.91. The van der Waals surface area contributed by atoms with Crippen molar-refractivity contribution in [3.63, 3.8) is 0 Å². The minimum Gasteiger partial charge on any atom is -0.496 e. The van der Waals surface area contributed by atoms with Crippen LogP contribution in [0.25, 0.3) is 0 Å². The van der Waals surface area contributed by atoms with Crippen LogP contribution >= 0.6 is 31.9 Å². The van der Waals surface area contributed by atoms with E-state index < -0.39 is 0 Å². The van der Waals surface area contributed by atoms with Gasteiger partial charge in [-0.15, -0.1) is 5.10 Å². The highest BCUT2D eigenvalue weighted by atomic mass is 79.9. The highest BCUT2D eigenvalue weighted by Crippen LogP contribution is 2.23. The van der Waals surface area contributed by atoms with Crippen molar-refractivity contribution < 1.29 is 4.74 Å². The van der Waals surface area contributed by atoms with Gasteiger partial charge in [-0.2, -0.15) is 0 Å². The Kier molecular flexibility index (Phi) is 4.17. The Bertz CT molecular complexity index is 513. The van der Waals surface area contributed by atoms with E-state index in [-0.39, 0.29) is 0 Å². The predicted molar refractivity (Wildman–Crippen MR) is 72.4 cm³/mol. The molecule has 1 aromatic carbocycles. The molecule has 0 N–H and O–H groups in total. The van der Waals surface area contributed by atoms with Crippen molar-refractivity contribution in [3.05, 3.63) is 40.1 Å². The van der Waals surface area contributed by atoms with E-state index in [1.807, 2.05) is 24.4 Å². The second-order valence-electron chi connectivity index (χ2n) is 3.50. The minimum absolute atomic E-state index is 0.641. The third-order valence-electron chi connectivity index (χ3n) is 2.30. The van der Waals surface area contributed by atoms with Crippen LogP contribution in [0.1, 0.15) is 11.3 Å². The summed E-state index contributed by atoms with van der Waals surface area (Å²) < 4.78 is 8.13. The number of ether oxygens (including phenoxy) is 1. The summed E-state index contributed by atoms with van der Waals surface area (Å²) in [6.45, 7) is 0.641. The number of aromatic nitrogens is 3. The van der Waals surface area contributed by atoms with Gasteiger partial charge < -0.3 is 4.74 Å². The Morgan fingerprint density at radius 1 is 1.41 bits per heavy atom. The van der Waals surface area contributed by atoms with Crippen molar-refractivity contribution in [3.8, 4) is 5.75 Å². The zero-order valence-electron chi connectivity index (χ0n) is 9.23. The highest BCUT2D eigenvalue weighted by Gasteiger charge is 2.06. The van der Waals surface area contributed by atoms with Gasteiger partial charge in [0.1, 0.15) is 5.75 Å². The lowest BCUT2D eigenvalue weighted by Crippen LogP contribution is -2.02. The minimum atomic E-state index is 0.641. The SMILES string of the molecule is COc1ccc(Br)cc1Cn1cc(CBr)nn1. The smallest absolute Gasteiger partial charge is 0.124 e. The second kappa shape index (κ2) is 5.64. The van der Waals surface area contributed by atoms with Crippen LogP contribution < -0.4 is 4.74 Å². The lowest BCUT2D eigenvalue weighted by Gasteiger charge is -2.08. The Hall–Kier alpha value is -0.880. The number of hydrogen-bond donors (Lipinski definition) is 0. The quantitative estimate of drug-likeness (QED) is 0.787. The summed E-state index contributed by atoms with van der Waals surface area (Å²) in [5, 5.41) is 8.79. The number of hydrogen-bond acceptors (Lipinski definition) is 3. The van der Waals surface area contributed by atoms with Crippen molar-refractivity contribution in [2.45, 2.75) is 11.9 Å². The Morgan fingerprint density at radius 3 is 2.88 bits per heavy atom. The lowest BCUT2D eigenvalue weighted by atomic mass is 10.2. The molecule has 6 heteroatoms. The molecule has 0 radical (unpaired) electrons. The number of methoxy groups -OCH3 is 1. The van der Waals surface area contributed by atoms with E-state index in [9.17, 15) is 0 Å². The largest absolute Gasteiger partial charge is 0.496 e. The maximum absolute atomic E-state index is 5.31. The zero-order valence-corrected chi connectivity index (χ0v) is 12.4. The van der Waals surface area contributed by atoms with E-state index >= 15 is 0 Å². The van der Waals surface area contributed by atoms with E-state index in [2.05, 4.69) is 42.2 Å². The normalized spacial score (nSPS) is 10.5. The van der Waals surface area contributed by atoms with E-state index in [0.29, 0.717) is 11.9 Å². The topological polar surface area (TPSA) is 39.9 Å². The second-order valence-corrected chi connectivity index (χ2v) is 4.97. The number of benzene rings is 1. The highest BCUT2D eigenvalue weighted by molar-refractivity contribution is 9.10. The third kappa shape index (κ3) is 3.07. The van der Waals surface area contributed by atoms with E-state index in [4.69, 9.17) is 4.74 Å². The van der Waals surface area contributed by atoms with Gasteiger partial charge in [0.05, 0.1) is 19.3 Å². The fraction of sp³-hybridized carbons (Fsp3) is 0.273. The molecule has 0 atom stereocenters. The van der Waals surface area contributed by atoms with Crippen LogP contribution in [0.2, 0.25) is 0 Å². The third-order valence-corrected chi connectivity index (χ3v) is 3.37. The molecule has 0 unspecified atom stereocenters. The van der Waals surface area contributed by atoms with Crippen molar-refractivity contribution in [1.82, 2.24) is 15.0 Å². The molecule has 0 saturated heterocycles. The number of nitrogens with zero attached hydrogens (tertiary/aromatic N) is 3. The first-order valence-electron chi connectivity index (χ1n) is 5.00. The molecular weight excluding hydrogens is 350 g/mol. The van der Waals surface area contributed by atoms with Crippen molar-refractivity contribution in [2.24, 2.45) is 0 Å². The summed E-state index contributed by atoms with van der Waals surface area (Å²) in [6.07, 6.45) is 1.91. The van der Waals surface area contributed by atoms with Crippen molar-refractivity contribution in [2.75, 3.05) is 7.11 Å². The molecular formula is C11H11Br2N3O. The van der Waals surface area contributed by atoms with Crippen LogP contribution in [0.15, 0.2) is 28.9 Å². The Labute approximate surface area is 116 Å². The molecule has 0 aliphatic heterocycles. The Morgan fingerprint density at radius 2 is 2.24 bits per heavy atom. The fourth-order valence-corrected chi connectivity index (χ4v) is 2.19. The van der Waals surface area contributed by atoms with E-state index in [1.165, 1.54) is 0 Å². The molecule has 0 bridgehead atoms. The molecule has 1 aromatic heterocycles. The molecule has 0 fully saturated rings. The standard InChI is InChI=1S/C11H11Br2N3O/c1-17-11-3-2-9(13)4-8(11)6-16-7-10(5-12)14-15-16/h2-4,7H,5-6H2,1H3. The van der Waals surface area contributed by atoms with Crippen LogP contribution in [0.5, 0.6) is 5.75 Å². The maximum atomic E-state index is 5.31. The summed E-state index contributed by atoms with van der Waals surface area (Å²) in [4.78, 5) is 0. The average Bonchev–Trinajstić information content (AvgIpc) is 2.77. The van der Waals surface area contributed by atoms with Crippen LogP contribution in [-0.2, 0) is 11.9 Å². The van der Waals surface area contributed by atoms with Gasteiger partial charge in [0.2, 0.25) is 0 Å². The molecule has 2 aromatic rings. The average molecular weight is 361 g/mol. The molecule has 0 aliphatic carbocycles.